The summed E-state index contributed by atoms with van der Waals surface area (Å²) in [5.74, 6) is -1.66. The second-order valence-corrected chi connectivity index (χ2v) is 8.71. The second-order valence-electron chi connectivity index (χ2n) is 7.71. The van der Waals surface area contributed by atoms with Crippen LogP contribution in [0, 0.1) is 5.82 Å². The van der Waals surface area contributed by atoms with E-state index in [1.165, 1.54) is 10.4 Å². The lowest BCUT2D eigenvalue weighted by atomic mass is 10.1. The van der Waals surface area contributed by atoms with Crippen LogP contribution in [-0.4, -0.2) is 27.4 Å². The van der Waals surface area contributed by atoms with Gasteiger partial charge < -0.3 is 10.2 Å². The molecule has 0 radical (unpaired) electrons. The minimum Gasteiger partial charge on any atom is -0.367 e. The molecule has 174 valence electrons. The molecule has 6 nitrogen and oxygen atoms in total. The fourth-order valence-corrected chi connectivity index (χ4v) is 4.76. The van der Waals surface area contributed by atoms with E-state index in [-0.39, 0.29) is 5.69 Å². The number of carbonyl (C=O) groups excluding carboxylic acids is 1. The number of thiophene rings is 1. The molecule has 0 atom stereocenters. The van der Waals surface area contributed by atoms with Gasteiger partial charge in [0.15, 0.2) is 11.4 Å². The van der Waals surface area contributed by atoms with Crippen LogP contribution in [0.25, 0.3) is 5.69 Å². The summed E-state index contributed by atoms with van der Waals surface area (Å²) < 4.78 is 55.0. The predicted octanol–water partition coefficient (Wildman–Crippen LogP) is 5.30. The number of hydrogen-bond donors (Lipinski definition) is 1. The van der Waals surface area contributed by atoms with Gasteiger partial charge in [-0.15, -0.1) is 16.4 Å². The minimum atomic E-state index is -4.91. The van der Waals surface area contributed by atoms with E-state index in [1.54, 1.807) is 23.5 Å². The number of nitrogens with one attached hydrogen (secondary N) is 1. The van der Waals surface area contributed by atoms with Gasteiger partial charge in [-0.25, -0.2) is 9.07 Å². The summed E-state index contributed by atoms with van der Waals surface area (Å²) >= 11 is 1.75. The maximum absolute atomic E-state index is 13.8. The predicted molar refractivity (Wildman–Crippen MR) is 120 cm³/mol. The first kappa shape index (κ1) is 22.1. The van der Waals surface area contributed by atoms with Crippen LogP contribution in [0.3, 0.4) is 0 Å². The molecule has 0 aliphatic carbocycles. The zero-order valence-electron chi connectivity index (χ0n) is 17.5. The highest BCUT2D eigenvalue weighted by Crippen LogP contribution is 2.33. The molecule has 0 bridgehead atoms. The summed E-state index contributed by atoms with van der Waals surface area (Å²) in [5, 5.41) is 11.5. The number of amides is 1. The molecule has 2 aromatic heterocycles. The molecule has 2 aromatic carbocycles. The topological polar surface area (TPSA) is 63.1 Å². The number of anilines is 2. The van der Waals surface area contributed by atoms with Crippen molar-refractivity contribution in [3.63, 3.8) is 0 Å². The SMILES string of the molecule is O=C(Nc1ccc(N2CCc3sccc3C2)cc1)c1nnn(-c2ccc(F)cc2)c1C(F)(F)F. The van der Waals surface area contributed by atoms with Crippen molar-refractivity contribution in [3.05, 3.63) is 87.6 Å². The van der Waals surface area contributed by atoms with Crippen molar-refractivity contribution >= 4 is 28.6 Å². The molecular formula is C23H17F4N5OS. The third kappa shape index (κ3) is 4.26. The molecule has 0 saturated heterocycles. The molecule has 5 rings (SSSR count). The molecule has 11 heteroatoms. The Bertz CT molecular complexity index is 1330. The van der Waals surface area contributed by atoms with E-state index in [0.29, 0.717) is 10.4 Å². The van der Waals surface area contributed by atoms with Gasteiger partial charge in [-0.2, -0.15) is 13.2 Å². The van der Waals surface area contributed by atoms with E-state index in [2.05, 4.69) is 32.0 Å². The van der Waals surface area contributed by atoms with E-state index < -0.39 is 29.3 Å². The highest BCUT2D eigenvalue weighted by atomic mass is 32.1. The number of fused-ring (bicyclic) bond motifs is 1. The standard InChI is InChI=1S/C23H17F4N5OS/c24-15-1-5-18(6-2-15)32-21(23(25,26)27)20(29-30-32)22(33)28-16-3-7-17(8-4-16)31-11-9-19-14(13-31)10-12-34-19/h1-8,10,12H,9,11,13H2,(H,28,33). The van der Waals surface area contributed by atoms with Crippen LogP contribution in [0.2, 0.25) is 0 Å². The van der Waals surface area contributed by atoms with E-state index >= 15 is 0 Å². The molecule has 34 heavy (non-hydrogen) atoms. The number of halogens is 4. The van der Waals surface area contributed by atoms with Crippen LogP contribution >= 0.6 is 11.3 Å². The molecule has 0 unspecified atom stereocenters. The third-order valence-corrected chi connectivity index (χ3v) is 6.55. The second kappa shape index (κ2) is 8.56. The van der Waals surface area contributed by atoms with E-state index in [0.717, 1.165) is 49.5 Å². The first-order chi connectivity index (χ1) is 16.3. The molecule has 4 aromatic rings. The van der Waals surface area contributed by atoms with E-state index in [1.807, 2.05) is 12.1 Å². The fraction of sp³-hybridized carbons (Fsp3) is 0.174. The van der Waals surface area contributed by atoms with Gasteiger partial charge in [-0.05, 0) is 72.0 Å². The summed E-state index contributed by atoms with van der Waals surface area (Å²) in [5.41, 5.74) is 0.284. The Morgan fingerprint density at radius 3 is 2.41 bits per heavy atom. The number of rotatable bonds is 4. The van der Waals surface area contributed by atoms with Crippen molar-refractivity contribution in [2.75, 3.05) is 16.8 Å². The number of benzene rings is 2. The Morgan fingerprint density at radius 1 is 1.00 bits per heavy atom. The summed E-state index contributed by atoms with van der Waals surface area (Å²) in [6.07, 6.45) is -3.96. The van der Waals surface area contributed by atoms with Crippen LogP contribution in [0.15, 0.2) is 60.0 Å². The minimum absolute atomic E-state index is 0.0695. The Labute approximate surface area is 195 Å². The van der Waals surface area contributed by atoms with Gasteiger partial charge in [-0.3, -0.25) is 4.79 Å². The lowest BCUT2D eigenvalue weighted by molar-refractivity contribution is -0.143. The summed E-state index contributed by atoms with van der Waals surface area (Å²) in [6, 6.07) is 13.2. The smallest absolute Gasteiger partial charge is 0.367 e. The van der Waals surface area contributed by atoms with Crippen LogP contribution in [0.1, 0.15) is 26.6 Å². The van der Waals surface area contributed by atoms with Crippen molar-refractivity contribution in [2.24, 2.45) is 0 Å². The third-order valence-electron chi connectivity index (χ3n) is 5.52. The maximum atomic E-state index is 13.8. The molecule has 1 aliphatic rings. The molecular weight excluding hydrogens is 470 g/mol. The van der Waals surface area contributed by atoms with Crippen molar-refractivity contribution in [3.8, 4) is 5.69 Å². The lowest BCUT2D eigenvalue weighted by Crippen LogP contribution is -2.29. The van der Waals surface area contributed by atoms with Gasteiger partial charge in [0.25, 0.3) is 5.91 Å². The van der Waals surface area contributed by atoms with Crippen LogP contribution < -0.4 is 10.2 Å². The maximum Gasteiger partial charge on any atom is 0.435 e. The Hall–Kier alpha value is -3.73. The summed E-state index contributed by atoms with van der Waals surface area (Å²) in [6.45, 7) is 1.65. The molecule has 3 heterocycles. The number of aromatic nitrogens is 3. The average molecular weight is 487 g/mol. The van der Waals surface area contributed by atoms with Crippen LogP contribution in [0.5, 0.6) is 0 Å². The normalized spacial score (nSPS) is 13.6. The van der Waals surface area contributed by atoms with E-state index in [4.69, 9.17) is 0 Å². The van der Waals surface area contributed by atoms with Crippen molar-refractivity contribution < 1.29 is 22.4 Å². The van der Waals surface area contributed by atoms with Gasteiger partial charge >= 0.3 is 6.18 Å². The van der Waals surface area contributed by atoms with Gasteiger partial charge in [0.1, 0.15) is 5.82 Å². The van der Waals surface area contributed by atoms with Crippen LogP contribution in [-0.2, 0) is 19.1 Å². The van der Waals surface area contributed by atoms with Gasteiger partial charge in [0.05, 0.1) is 5.69 Å². The number of carbonyl (C=O) groups is 1. The van der Waals surface area contributed by atoms with Crippen molar-refractivity contribution in [1.29, 1.82) is 0 Å². The highest BCUT2D eigenvalue weighted by molar-refractivity contribution is 7.10. The van der Waals surface area contributed by atoms with E-state index in [9.17, 15) is 22.4 Å². The van der Waals surface area contributed by atoms with Gasteiger partial charge in [0.2, 0.25) is 0 Å². The number of nitrogens with zero attached hydrogens (tertiary/aromatic N) is 4. The zero-order valence-corrected chi connectivity index (χ0v) is 18.3. The Morgan fingerprint density at radius 2 is 1.71 bits per heavy atom. The zero-order chi connectivity index (χ0) is 23.9. The average Bonchev–Trinajstić information content (AvgIpc) is 3.47. The first-order valence-electron chi connectivity index (χ1n) is 10.3. The van der Waals surface area contributed by atoms with Gasteiger partial charge in [0, 0.05) is 29.3 Å². The van der Waals surface area contributed by atoms with Crippen LogP contribution in [0.4, 0.5) is 28.9 Å². The Kier molecular flexibility index (Phi) is 5.56. The molecule has 0 fully saturated rings. The largest absolute Gasteiger partial charge is 0.435 e. The molecule has 1 amide bonds. The van der Waals surface area contributed by atoms with Crippen molar-refractivity contribution in [2.45, 2.75) is 19.1 Å². The lowest BCUT2D eigenvalue weighted by Gasteiger charge is -2.29. The molecule has 1 N–H and O–H groups in total. The first-order valence-corrected chi connectivity index (χ1v) is 11.2. The van der Waals surface area contributed by atoms with Crippen molar-refractivity contribution in [1.82, 2.24) is 15.0 Å². The van der Waals surface area contributed by atoms with Gasteiger partial charge in [-0.1, -0.05) is 5.21 Å². The summed E-state index contributed by atoms with van der Waals surface area (Å²) in [4.78, 5) is 16.3. The quantitative estimate of drug-likeness (QED) is 0.397. The highest BCUT2D eigenvalue weighted by Gasteiger charge is 2.42. The number of alkyl halides is 3. The fourth-order valence-electron chi connectivity index (χ4n) is 3.87. The Balaban J connectivity index is 1.36. The molecule has 1 aliphatic heterocycles. The molecule has 0 spiro atoms. The molecule has 0 saturated carbocycles. The summed E-state index contributed by atoms with van der Waals surface area (Å²) in [7, 11) is 0. The number of hydrogen-bond acceptors (Lipinski definition) is 5. The monoisotopic (exact) mass is 487 g/mol.